The lowest BCUT2D eigenvalue weighted by Gasteiger charge is -2.02. The summed E-state index contributed by atoms with van der Waals surface area (Å²) in [7, 11) is -3.71. The van der Waals surface area contributed by atoms with Crippen molar-refractivity contribution in [3.8, 4) is 0 Å². The molecule has 0 aliphatic rings. The Balaban J connectivity index is 3.02. The van der Waals surface area contributed by atoms with Gasteiger partial charge in [0.1, 0.15) is 6.73 Å². The van der Waals surface area contributed by atoms with E-state index in [9.17, 15) is 8.42 Å². The molecule has 5 nitrogen and oxygen atoms in total. The molecule has 1 aromatic carbocycles. The maximum atomic E-state index is 11.2. The minimum atomic E-state index is -3.71. The molecule has 0 fully saturated rings. The molecule has 72 valence electrons. The van der Waals surface area contributed by atoms with E-state index in [1.807, 2.05) is 0 Å². The van der Waals surface area contributed by atoms with E-state index in [0.29, 0.717) is 5.69 Å². The average molecular weight is 202 g/mol. The number of anilines is 1. The molecule has 0 aliphatic carbocycles. The lowest BCUT2D eigenvalue weighted by Crippen LogP contribution is -2.12. The van der Waals surface area contributed by atoms with Gasteiger partial charge in [0.05, 0.1) is 4.90 Å². The van der Waals surface area contributed by atoms with Gasteiger partial charge < -0.3 is 11.5 Å². The molecular weight excluding hydrogens is 192 g/mol. The van der Waals surface area contributed by atoms with Gasteiger partial charge in [0.25, 0.3) is 10.1 Å². The topological polar surface area (TPSA) is 95.4 Å². The van der Waals surface area contributed by atoms with E-state index in [4.69, 9.17) is 11.5 Å². The molecule has 0 aromatic heterocycles. The van der Waals surface area contributed by atoms with E-state index in [1.54, 1.807) is 0 Å². The van der Waals surface area contributed by atoms with Crippen LogP contribution in [0.1, 0.15) is 0 Å². The molecule has 0 unspecified atom stereocenters. The third kappa shape index (κ3) is 2.41. The van der Waals surface area contributed by atoms with Crippen LogP contribution in [-0.4, -0.2) is 15.1 Å². The van der Waals surface area contributed by atoms with Crippen LogP contribution < -0.4 is 11.5 Å². The molecular formula is C7H10N2O3S. The van der Waals surface area contributed by atoms with E-state index in [-0.39, 0.29) is 11.6 Å². The van der Waals surface area contributed by atoms with Crippen molar-refractivity contribution in [1.82, 2.24) is 0 Å². The standard InChI is InChI=1S/C7H10N2O3S/c8-5-12-13(10,11)7-3-1-6(9)2-4-7/h1-4H,5,8-9H2. The summed E-state index contributed by atoms with van der Waals surface area (Å²) in [4.78, 5) is 0.0483. The van der Waals surface area contributed by atoms with E-state index >= 15 is 0 Å². The van der Waals surface area contributed by atoms with Gasteiger partial charge in [-0.2, -0.15) is 8.42 Å². The van der Waals surface area contributed by atoms with Crippen molar-refractivity contribution in [2.75, 3.05) is 12.5 Å². The van der Waals surface area contributed by atoms with Gasteiger partial charge in [0.2, 0.25) is 0 Å². The summed E-state index contributed by atoms with van der Waals surface area (Å²) in [6.45, 7) is -0.368. The Hall–Kier alpha value is -1.11. The van der Waals surface area contributed by atoms with Gasteiger partial charge >= 0.3 is 0 Å². The van der Waals surface area contributed by atoms with Gasteiger partial charge in [-0.1, -0.05) is 0 Å². The fourth-order valence-electron chi connectivity index (χ4n) is 0.792. The molecule has 6 heteroatoms. The normalized spacial score (nSPS) is 11.5. The van der Waals surface area contributed by atoms with Gasteiger partial charge in [-0.05, 0) is 24.3 Å². The second-order valence-corrected chi connectivity index (χ2v) is 3.92. The summed E-state index contributed by atoms with van der Waals surface area (Å²) in [5.41, 5.74) is 10.8. The first-order valence-electron chi connectivity index (χ1n) is 3.51. The SMILES string of the molecule is NCOS(=O)(=O)c1ccc(N)cc1. The van der Waals surface area contributed by atoms with Crippen LogP contribution in [0.5, 0.6) is 0 Å². The number of benzene rings is 1. The molecule has 0 heterocycles. The summed E-state index contributed by atoms with van der Waals surface area (Å²) in [5, 5.41) is 0. The molecule has 1 aromatic rings. The van der Waals surface area contributed by atoms with Crippen molar-refractivity contribution in [2.45, 2.75) is 4.90 Å². The summed E-state index contributed by atoms with van der Waals surface area (Å²) < 4.78 is 26.8. The predicted molar refractivity (Wildman–Crippen MR) is 48.2 cm³/mol. The first-order chi connectivity index (χ1) is 6.06. The van der Waals surface area contributed by atoms with E-state index in [1.165, 1.54) is 24.3 Å². The lowest BCUT2D eigenvalue weighted by molar-refractivity contribution is 0.329. The minimum Gasteiger partial charge on any atom is -0.399 e. The smallest absolute Gasteiger partial charge is 0.298 e. The molecule has 0 saturated carbocycles. The lowest BCUT2D eigenvalue weighted by atomic mass is 10.3. The summed E-state index contributed by atoms with van der Waals surface area (Å²) in [6, 6.07) is 5.68. The highest BCUT2D eigenvalue weighted by Crippen LogP contribution is 2.13. The van der Waals surface area contributed by atoms with Crippen LogP contribution in [0.15, 0.2) is 29.2 Å². The Bertz CT molecular complexity index is 371. The Labute approximate surface area is 76.4 Å². The molecule has 4 N–H and O–H groups in total. The molecule has 0 saturated heterocycles. The number of nitrogen functional groups attached to an aromatic ring is 1. The van der Waals surface area contributed by atoms with Crippen LogP contribution >= 0.6 is 0 Å². The van der Waals surface area contributed by atoms with Crippen molar-refractivity contribution in [1.29, 1.82) is 0 Å². The summed E-state index contributed by atoms with van der Waals surface area (Å²) in [5.74, 6) is 0. The van der Waals surface area contributed by atoms with Crippen molar-refractivity contribution in [2.24, 2.45) is 5.73 Å². The van der Waals surface area contributed by atoms with Crippen LogP contribution in [0.2, 0.25) is 0 Å². The minimum absolute atomic E-state index is 0.0483. The second-order valence-electron chi connectivity index (χ2n) is 2.31. The maximum absolute atomic E-state index is 11.2. The Kier molecular flexibility index (Phi) is 2.86. The zero-order valence-electron chi connectivity index (χ0n) is 6.80. The molecule has 0 amide bonds. The maximum Gasteiger partial charge on any atom is 0.298 e. The van der Waals surface area contributed by atoms with Crippen LogP contribution in [0.4, 0.5) is 5.69 Å². The van der Waals surface area contributed by atoms with Crippen molar-refractivity contribution in [3.63, 3.8) is 0 Å². The monoisotopic (exact) mass is 202 g/mol. The zero-order valence-corrected chi connectivity index (χ0v) is 7.62. The van der Waals surface area contributed by atoms with Gasteiger partial charge in [-0.15, -0.1) is 0 Å². The molecule has 0 spiro atoms. The molecule has 13 heavy (non-hydrogen) atoms. The van der Waals surface area contributed by atoms with Crippen LogP contribution in [0.25, 0.3) is 0 Å². The van der Waals surface area contributed by atoms with Crippen molar-refractivity contribution >= 4 is 15.8 Å². The quantitative estimate of drug-likeness (QED) is 0.405. The summed E-state index contributed by atoms with van der Waals surface area (Å²) >= 11 is 0. The van der Waals surface area contributed by atoms with Gasteiger partial charge in [-0.3, -0.25) is 4.18 Å². The van der Waals surface area contributed by atoms with Crippen LogP contribution in [-0.2, 0) is 14.3 Å². The van der Waals surface area contributed by atoms with Crippen LogP contribution in [0.3, 0.4) is 0 Å². The first kappa shape index (κ1) is 9.97. The van der Waals surface area contributed by atoms with E-state index < -0.39 is 10.1 Å². The van der Waals surface area contributed by atoms with Gasteiger partial charge in [-0.25, -0.2) is 0 Å². The molecule has 0 bridgehead atoms. The Morgan fingerprint density at radius 3 is 2.23 bits per heavy atom. The number of hydrogen-bond acceptors (Lipinski definition) is 5. The highest BCUT2D eigenvalue weighted by atomic mass is 32.2. The average Bonchev–Trinajstić information content (AvgIpc) is 2.05. The third-order valence-electron chi connectivity index (χ3n) is 1.39. The fourth-order valence-corrected chi connectivity index (χ4v) is 1.58. The van der Waals surface area contributed by atoms with E-state index in [0.717, 1.165) is 0 Å². The Morgan fingerprint density at radius 1 is 1.23 bits per heavy atom. The Morgan fingerprint density at radius 2 is 1.77 bits per heavy atom. The number of rotatable bonds is 3. The number of nitrogens with two attached hydrogens (primary N) is 2. The number of hydrogen-bond donors (Lipinski definition) is 2. The highest BCUT2D eigenvalue weighted by molar-refractivity contribution is 7.86. The zero-order chi connectivity index (χ0) is 9.90. The third-order valence-corrected chi connectivity index (χ3v) is 2.69. The molecule has 1 rings (SSSR count). The summed E-state index contributed by atoms with van der Waals surface area (Å²) in [6.07, 6.45) is 0. The molecule has 0 radical (unpaired) electrons. The van der Waals surface area contributed by atoms with Crippen molar-refractivity contribution < 1.29 is 12.6 Å². The van der Waals surface area contributed by atoms with E-state index in [2.05, 4.69) is 4.18 Å². The molecule has 0 atom stereocenters. The predicted octanol–water partition coefficient (Wildman–Crippen LogP) is -0.110. The van der Waals surface area contributed by atoms with Gasteiger partial charge in [0.15, 0.2) is 0 Å². The van der Waals surface area contributed by atoms with Crippen molar-refractivity contribution in [3.05, 3.63) is 24.3 Å². The largest absolute Gasteiger partial charge is 0.399 e. The van der Waals surface area contributed by atoms with Crippen LogP contribution in [0, 0.1) is 0 Å². The molecule has 0 aliphatic heterocycles. The van der Waals surface area contributed by atoms with Gasteiger partial charge in [0, 0.05) is 5.69 Å². The highest BCUT2D eigenvalue weighted by Gasteiger charge is 2.13. The fraction of sp³-hybridized carbons (Fsp3) is 0.143. The second kappa shape index (κ2) is 3.73. The first-order valence-corrected chi connectivity index (χ1v) is 4.92.